The average molecular weight is 731 g/mol. The van der Waals surface area contributed by atoms with Crippen molar-refractivity contribution in [3.05, 3.63) is 118 Å². The fourth-order valence-corrected chi connectivity index (χ4v) is 8.93. The molecule has 10 heteroatoms. The zero-order valence-corrected chi connectivity index (χ0v) is 31.8. The van der Waals surface area contributed by atoms with Gasteiger partial charge in [0.1, 0.15) is 0 Å². The summed E-state index contributed by atoms with van der Waals surface area (Å²) in [5.41, 5.74) is 7.92. The van der Waals surface area contributed by atoms with E-state index in [9.17, 15) is 13.2 Å². The van der Waals surface area contributed by atoms with Crippen molar-refractivity contribution < 1.29 is 18.3 Å². The number of carbonyl (C=O) groups is 1. The van der Waals surface area contributed by atoms with E-state index in [2.05, 4.69) is 84.7 Å². The molecule has 8 nitrogen and oxygen atoms in total. The predicted molar refractivity (Wildman–Crippen MR) is 209 cm³/mol. The number of fused-ring (bicyclic) bond motifs is 4. The smallest absolute Gasteiger partial charge is 0.303 e. The summed E-state index contributed by atoms with van der Waals surface area (Å²) in [6.45, 7) is 5.21. The molecule has 4 aromatic rings. The van der Waals surface area contributed by atoms with Gasteiger partial charge in [-0.2, -0.15) is 0 Å². The first-order valence-electron chi connectivity index (χ1n) is 17.9. The summed E-state index contributed by atoms with van der Waals surface area (Å²) >= 11 is 6.12. The van der Waals surface area contributed by atoms with Gasteiger partial charge in [0.25, 0.3) is 10.0 Å². The molecule has 0 aliphatic carbocycles. The average Bonchev–Trinajstić information content (AvgIpc) is 3.29. The van der Waals surface area contributed by atoms with E-state index >= 15 is 0 Å². The van der Waals surface area contributed by atoms with Crippen LogP contribution in [0.1, 0.15) is 67.3 Å². The number of benzene rings is 4. The molecule has 0 bridgehead atoms. The van der Waals surface area contributed by atoms with Gasteiger partial charge in [0.05, 0.1) is 16.6 Å². The van der Waals surface area contributed by atoms with Crippen molar-refractivity contribution in [2.24, 2.45) is 5.92 Å². The Hall–Kier alpha value is -3.89. The molecule has 0 amide bonds. The molecule has 4 aromatic carbocycles. The number of unbranched alkanes of at least 4 members (excludes halogenated alkanes) is 3. The van der Waals surface area contributed by atoms with E-state index in [1.807, 2.05) is 18.2 Å². The first-order valence-corrected chi connectivity index (χ1v) is 19.7. The van der Waals surface area contributed by atoms with Crippen LogP contribution in [-0.4, -0.2) is 65.2 Å². The van der Waals surface area contributed by atoms with Crippen LogP contribution in [0.2, 0.25) is 5.02 Å². The van der Waals surface area contributed by atoms with E-state index in [1.54, 1.807) is 25.2 Å². The van der Waals surface area contributed by atoms with Crippen LogP contribution in [0.5, 0.6) is 0 Å². The number of hydrogen-bond donors (Lipinski definition) is 2. The number of anilines is 3. The second kappa shape index (κ2) is 17.6. The van der Waals surface area contributed by atoms with E-state index in [0.717, 1.165) is 50.8 Å². The molecule has 0 saturated carbocycles. The molecule has 0 saturated heterocycles. The Morgan fingerprint density at radius 2 is 1.45 bits per heavy atom. The third-order valence-electron chi connectivity index (χ3n) is 9.58. The van der Waals surface area contributed by atoms with E-state index in [-0.39, 0.29) is 17.4 Å². The van der Waals surface area contributed by atoms with Gasteiger partial charge in [-0.1, -0.05) is 92.0 Å². The monoisotopic (exact) mass is 730 g/mol. The molecule has 2 aliphatic rings. The molecule has 0 aromatic heterocycles. The number of para-hydroxylation sites is 3. The van der Waals surface area contributed by atoms with Crippen LogP contribution in [0.25, 0.3) is 0 Å². The van der Waals surface area contributed by atoms with Crippen molar-refractivity contribution in [3.8, 4) is 0 Å². The summed E-state index contributed by atoms with van der Waals surface area (Å²) in [6.07, 6.45) is 5.79. The minimum atomic E-state index is -3.72. The van der Waals surface area contributed by atoms with Crippen LogP contribution in [0.3, 0.4) is 0 Å². The highest BCUT2D eigenvalue weighted by atomic mass is 35.5. The van der Waals surface area contributed by atoms with Crippen LogP contribution in [0.15, 0.2) is 95.9 Å². The van der Waals surface area contributed by atoms with Gasteiger partial charge in [-0.05, 0) is 105 Å². The van der Waals surface area contributed by atoms with E-state index in [0.29, 0.717) is 35.2 Å². The van der Waals surface area contributed by atoms with E-state index < -0.39 is 16.0 Å². The lowest BCUT2D eigenvalue weighted by Crippen LogP contribution is -2.30. The summed E-state index contributed by atoms with van der Waals surface area (Å²) in [5.74, 6) is -0.145. The number of hydrogen-bond acceptors (Lipinski definition) is 6. The first kappa shape index (κ1) is 38.3. The molecule has 2 heterocycles. The topological polar surface area (TPSA) is 93.2 Å². The Balaban J connectivity index is 0.000000205. The quantitative estimate of drug-likeness (QED) is 0.142. The lowest BCUT2D eigenvalue weighted by Gasteiger charge is -2.30. The summed E-state index contributed by atoms with van der Waals surface area (Å²) in [7, 11) is 2.14. The first-order chi connectivity index (χ1) is 24.5. The third kappa shape index (κ3) is 9.51. The van der Waals surface area contributed by atoms with E-state index in [4.69, 9.17) is 16.7 Å². The van der Waals surface area contributed by atoms with Crippen molar-refractivity contribution in [1.29, 1.82) is 0 Å². The Labute approximate surface area is 309 Å². The summed E-state index contributed by atoms with van der Waals surface area (Å²) in [6, 6.07) is 30.0. The van der Waals surface area contributed by atoms with Gasteiger partial charge >= 0.3 is 5.97 Å². The molecular weight excluding hydrogens is 680 g/mol. The Bertz CT molecular complexity index is 1850. The normalized spacial score (nSPS) is 16.4. The maximum Gasteiger partial charge on any atom is 0.303 e. The summed E-state index contributed by atoms with van der Waals surface area (Å²) in [4.78, 5) is 15.6. The molecule has 0 spiro atoms. The molecule has 51 heavy (non-hydrogen) atoms. The number of rotatable bonds is 12. The fraction of sp³-hybridized carbons (Fsp3) is 0.390. The minimum Gasteiger partial charge on any atom is -0.481 e. The van der Waals surface area contributed by atoms with Crippen molar-refractivity contribution >= 4 is 44.7 Å². The van der Waals surface area contributed by atoms with E-state index in [1.165, 1.54) is 32.9 Å². The largest absolute Gasteiger partial charge is 0.481 e. The predicted octanol–water partition coefficient (Wildman–Crippen LogP) is 8.31. The van der Waals surface area contributed by atoms with Crippen LogP contribution in [0, 0.1) is 5.92 Å². The minimum absolute atomic E-state index is 0.196. The number of nitrogens with zero attached hydrogens (tertiary/aromatic N) is 3. The Kier molecular flexibility index (Phi) is 13.2. The van der Waals surface area contributed by atoms with Gasteiger partial charge < -0.3 is 20.2 Å². The maximum absolute atomic E-state index is 13.2. The molecule has 6 rings (SSSR count). The van der Waals surface area contributed by atoms with Crippen LogP contribution >= 0.6 is 11.6 Å². The molecule has 2 unspecified atom stereocenters. The lowest BCUT2D eigenvalue weighted by atomic mass is 9.96. The second-order valence-corrected chi connectivity index (χ2v) is 16.3. The van der Waals surface area contributed by atoms with Crippen LogP contribution in [0.4, 0.5) is 17.1 Å². The second-order valence-electron chi connectivity index (χ2n) is 13.9. The fourth-order valence-electron chi connectivity index (χ4n) is 7.21. The van der Waals surface area contributed by atoms with Crippen molar-refractivity contribution in [2.75, 3.05) is 50.0 Å². The van der Waals surface area contributed by atoms with Gasteiger partial charge in [-0.15, -0.1) is 0 Å². The Morgan fingerprint density at radius 3 is 2.08 bits per heavy atom. The van der Waals surface area contributed by atoms with Crippen molar-refractivity contribution in [3.63, 3.8) is 0 Å². The maximum atomic E-state index is 13.2. The van der Waals surface area contributed by atoms with Crippen molar-refractivity contribution in [1.82, 2.24) is 10.2 Å². The number of aliphatic carboxylic acids is 1. The molecule has 2 atom stereocenters. The lowest BCUT2D eigenvalue weighted by molar-refractivity contribution is -0.137. The number of aryl methyl sites for hydroxylation is 2. The van der Waals surface area contributed by atoms with Gasteiger partial charge in [-0.25, -0.2) is 8.42 Å². The number of nitrogens with one attached hydrogen (secondary N) is 1. The SMILES string of the molecule is CC(CN(C)C)CN1c2ccccc2CCc2ccccc21.CN1c2ccccc2C(NCCCCCCC(=O)O)c2ccc(Cl)cc2S1(=O)=O. The number of carboxylic acid groups (broad SMARTS) is 1. The third-order valence-corrected chi connectivity index (χ3v) is 11.6. The highest BCUT2D eigenvalue weighted by Gasteiger charge is 2.34. The Morgan fingerprint density at radius 1 is 0.863 bits per heavy atom. The number of carboxylic acids is 1. The molecule has 0 radical (unpaired) electrons. The van der Waals surface area contributed by atoms with Gasteiger partial charge in [0, 0.05) is 43.0 Å². The van der Waals surface area contributed by atoms with Crippen molar-refractivity contribution in [2.45, 2.75) is 62.8 Å². The zero-order chi connectivity index (χ0) is 36.5. The number of sulfonamides is 1. The standard InChI is InChI=1S/C21H25ClN2O4S.C20H26N2/c1-24-18-9-6-5-8-16(18)21(23-13-7-3-2-4-10-20(25)26)17-12-11-15(22)14-19(17)29(24,27)28;1-16(14-21(2)3)15-22-19-10-6-4-8-17(19)12-13-18-9-5-7-11-20(18)22/h5-6,8-9,11-12,14,21,23H,2-4,7,10,13H2,1H3,(H,25,26);4-11,16H,12-15H2,1-3H3. The summed E-state index contributed by atoms with van der Waals surface area (Å²) < 4.78 is 27.7. The van der Waals surface area contributed by atoms with Gasteiger partial charge in [0.15, 0.2) is 0 Å². The summed E-state index contributed by atoms with van der Waals surface area (Å²) in [5, 5.41) is 12.6. The van der Waals surface area contributed by atoms with Gasteiger partial charge in [0.2, 0.25) is 0 Å². The molecule has 2 N–H and O–H groups in total. The molecule has 2 aliphatic heterocycles. The van der Waals surface area contributed by atoms with Crippen LogP contribution < -0.4 is 14.5 Å². The zero-order valence-electron chi connectivity index (χ0n) is 30.2. The highest BCUT2D eigenvalue weighted by Crippen LogP contribution is 2.41. The molecule has 272 valence electrons. The molecular formula is C41H51ClN4O4S. The van der Waals surface area contributed by atoms with Crippen LogP contribution in [-0.2, 0) is 27.7 Å². The number of halogens is 1. The van der Waals surface area contributed by atoms with Gasteiger partial charge in [-0.3, -0.25) is 9.10 Å². The highest BCUT2D eigenvalue weighted by molar-refractivity contribution is 7.92. The molecule has 0 fully saturated rings.